The molecule has 1 N–H and O–H groups in total. The van der Waals surface area contributed by atoms with Gasteiger partial charge in [-0.05, 0) is 42.5 Å². The fourth-order valence-corrected chi connectivity index (χ4v) is 2.85. The molecule has 1 aromatic carbocycles. The minimum absolute atomic E-state index is 0.689. The average Bonchev–Trinajstić information content (AvgIpc) is 3.40. The van der Waals surface area contributed by atoms with E-state index in [0.717, 1.165) is 16.8 Å². The van der Waals surface area contributed by atoms with Gasteiger partial charge in [0.25, 0.3) is 0 Å². The number of rotatable bonds is 4. The van der Waals surface area contributed by atoms with Crippen LogP contribution in [0.15, 0.2) is 79.6 Å². The Balaban J connectivity index is 1.48. The van der Waals surface area contributed by atoms with Crippen molar-refractivity contribution < 1.29 is 0 Å². The third-order valence-electron chi connectivity index (χ3n) is 4.13. The predicted molar refractivity (Wildman–Crippen MR) is 101 cm³/mol. The van der Waals surface area contributed by atoms with Gasteiger partial charge in [0.2, 0.25) is 0 Å². The van der Waals surface area contributed by atoms with Crippen molar-refractivity contribution in [2.24, 2.45) is 0 Å². The Morgan fingerprint density at radius 1 is 0.815 bits per heavy atom. The van der Waals surface area contributed by atoms with Gasteiger partial charge < -0.3 is 5.32 Å². The molecule has 0 atom stereocenters. The fourth-order valence-electron chi connectivity index (χ4n) is 2.85. The molecule has 0 saturated heterocycles. The first-order valence-electron chi connectivity index (χ1n) is 8.36. The summed E-state index contributed by atoms with van der Waals surface area (Å²) in [6, 6.07) is 15.5. The molecule has 0 bridgehead atoms. The van der Waals surface area contributed by atoms with E-state index in [0.29, 0.717) is 17.3 Å². The molecule has 0 amide bonds. The van der Waals surface area contributed by atoms with Gasteiger partial charge in [-0.1, -0.05) is 6.07 Å². The molecule has 0 spiro atoms. The van der Waals surface area contributed by atoms with E-state index in [4.69, 9.17) is 0 Å². The van der Waals surface area contributed by atoms with Crippen molar-refractivity contribution in [2.75, 3.05) is 5.32 Å². The van der Waals surface area contributed by atoms with Crippen LogP contribution in [0, 0.1) is 0 Å². The number of aromatic nitrogens is 7. The van der Waals surface area contributed by atoms with Crippen molar-refractivity contribution >= 4 is 22.5 Å². The Bertz CT molecular complexity index is 1180. The molecule has 4 aromatic heterocycles. The number of nitrogens with zero attached hydrogens (tertiary/aromatic N) is 7. The summed E-state index contributed by atoms with van der Waals surface area (Å²) in [5.74, 6) is 1.40. The largest absolute Gasteiger partial charge is 0.340 e. The highest BCUT2D eigenvalue weighted by Gasteiger charge is 2.12. The third-order valence-corrected chi connectivity index (χ3v) is 4.13. The summed E-state index contributed by atoms with van der Waals surface area (Å²) in [4.78, 5) is 13.1. The molecule has 0 radical (unpaired) electrons. The van der Waals surface area contributed by atoms with Crippen molar-refractivity contribution in [3.8, 4) is 11.5 Å². The zero-order chi connectivity index (χ0) is 18.1. The molecular formula is C19H14N8. The van der Waals surface area contributed by atoms with Gasteiger partial charge in [0.05, 0.1) is 17.3 Å². The van der Waals surface area contributed by atoms with E-state index in [9.17, 15) is 0 Å². The molecule has 130 valence electrons. The van der Waals surface area contributed by atoms with Crippen LogP contribution < -0.4 is 5.32 Å². The topological polar surface area (TPSA) is 86.3 Å². The number of hydrogen-bond acceptors (Lipinski definition) is 6. The van der Waals surface area contributed by atoms with E-state index in [2.05, 4.69) is 30.5 Å². The van der Waals surface area contributed by atoms with Gasteiger partial charge >= 0.3 is 0 Å². The molecule has 8 nitrogen and oxygen atoms in total. The van der Waals surface area contributed by atoms with Crippen LogP contribution in [0.25, 0.3) is 22.5 Å². The van der Waals surface area contributed by atoms with Crippen LogP contribution in [0.1, 0.15) is 0 Å². The fraction of sp³-hybridized carbons (Fsp3) is 0. The summed E-state index contributed by atoms with van der Waals surface area (Å²) in [6.45, 7) is 0. The molecule has 0 aliphatic heterocycles. The summed E-state index contributed by atoms with van der Waals surface area (Å²) in [5.41, 5.74) is 2.59. The van der Waals surface area contributed by atoms with E-state index in [-0.39, 0.29) is 0 Å². The highest BCUT2D eigenvalue weighted by Crippen LogP contribution is 2.24. The van der Waals surface area contributed by atoms with Crippen LogP contribution in [-0.2, 0) is 0 Å². The molecule has 5 aromatic rings. The van der Waals surface area contributed by atoms with E-state index >= 15 is 0 Å². The molecule has 27 heavy (non-hydrogen) atoms. The predicted octanol–water partition coefficient (Wildman–Crippen LogP) is 3.14. The van der Waals surface area contributed by atoms with E-state index in [1.54, 1.807) is 23.3 Å². The lowest BCUT2D eigenvalue weighted by Gasteiger charge is -2.08. The van der Waals surface area contributed by atoms with Crippen LogP contribution in [0.5, 0.6) is 0 Å². The first-order valence-corrected chi connectivity index (χ1v) is 8.36. The standard InChI is InChI=1S/C19H14N8/c1-2-9-20-17(4-1)27-19-16(12-24-27)18(21-13-22-19)25-14-5-7-15(8-6-14)26-11-3-10-23-26/h1-13H,(H,21,22,25). The molecule has 0 aliphatic rings. The highest BCUT2D eigenvalue weighted by atomic mass is 15.3. The zero-order valence-electron chi connectivity index (χ0n) is 14.1. The van der Waals surface area contributed by atoms with Crippen LogP contribution in [0.4, 0.5) is 11.5 Å². The second-order valence-electron chi connectivity index (χ2n) is 5.83. The average molecular weight is 354 g/mol. The Labute approximate surface area is 154 Å². The molecular weight excluding hydrogens is 340 g/mol. The van der Waals surface area contributed by atoms with Crippen LogP contribution >= 0.6 is 0 Å². The van der Waals surface area contributed by atoms with E-state index < -0.39 is 0 Å². The maximum atomic E-state index is 4.42. The number of fused-ring (bicyclic) bond motifs is 1. The highest BCUT2D eigenvalue weighted by molar-refractivity contribution is 5.88. The quantitative estimate of drug-likeness (QED) is 0.534. The Hall–Kier alpha value is -4.07. The van der Waals surface area contributed by atoms with Gasteiger partial charge in [-0.15, -0.1) is 0 Å². The Morgan fingerprint density at radius 3 is 2.52 bits per heavy atom. The van der Waals surface area contributed by atoms with Crippen LogP contribution in [0.2, 0.25) is 0 Å². The summed E-state index contributed by atoms with van der Waals surface area (Å²) in [5, 5.41) is 12.8. The lowest BCUT2D eigenvalue weighted by Crippen LogP contribution is -2.01. The molecule has 0 saturated carbocycles. The number of anilines is 2. The third kappa shape index (κ3) is 2.78. The molecule has 0 aliphatic carbocycles. The summed E-state index contributed by atoms with van der Waals surface area (Å²) in [7, 11) is 0. The van der Waals surface area contributed by atoms with Crippen molar-refractivity contribution in [2.45, 2.75) is 0 Å². The van der Waals surface area contributed by atoms with E-state index in [1.807, 2.05) is 59.4 Å². The zero-order valence-corrected chi connectivity index (χ0v) is 14.1. The minimum Gasteiger partial charge on any atom is -0.340 e. The van der Waals surface area contributed by atoms with Gasteiger partial charge in [0.1, 0.15) is 12.1 Å². The van der Waals surface area contributed by atoms with Crippen LogP contribution in [0.3, 0.4) is 0 Å². The van der Waals surface area contributed by atoms with Gasteiger partial charge in [0, 0.05) is 24.3 Å². The molecule has 8 heteroatoms. The minimum atomic E-state index is 0.689. The monoisotopic (exact) mass is 354 g/mol. The second-order valence-corrected chi connectivity index (χ2v) is 5.83. The van der Waals surface area contributed by atoms with Gasteiger partial charge in [-0.25, -0.2) is 19.6 Å². The number of nitrogens with one attached hydrogen (secondary N) is 1. The number of benzene rings is 1. The Morgan fingerprint density at radius 2 is 1.74 bits per heavy atom. The first-order chi connectivity index (χ1) is 13.4. The van der Waals surface area contributed by atoms with Crippen molar-refractivity contribution in [1.82, 2.24) is 34.5 Å². The second kappa shape index (κ2) is 6.34. The maximum Gasteiger partial charge on any atom is 0.170 e. The normalized spacial score (nSPS) is 11.0. The lowest BCUT2D eigenvalue weighted by molar-refractivity contribution is 0.861. The lowest BCUT2D eigenvalue weighted by atomic mass is 10.2. The summed E-state index contributed by atoms with van der Waals surface area (Å²) >= 11 is 0. The number of hydrogen-bond donors (Lipinski definition) is 1. The van der Waals surface area contributed by atoms with Crippen LogP contribution in [-0.4, -0.2) is 34.5 Å². The first kappa shape index (κ1) is 15.2. The smallest absolute Gasteiger partial charge is 0.170 e. The summed E-state index contributed by atoms with van der Waals surface area (Å²) < 4.78 is 3.51. The van der Waals surface area contributed by atoms with Crippen molar-refractivity contribution in [1.29, 1.82) is 0 Å². The van der Waals surface area contributed by atoms with E-state index in [1.165, 1.54) is 6.33 Å². The van der Waals surface area contributed by atoms with Gasteiger partial charge in [0.15, 0.2) is 11.5 Å². The van der Waals surface area contributed by atoms with Gasteiger partial charge in [-0.3, -0.25) is 0 Å². The SMILES string of the molecule is c1ccc(-n2ncc3c(Nc4ccc(-n5cccn5)cc4)ncnc32)nc1. The molecule has 0 fully saturated rings. The molecule has 5 rings (SSSR count). The van der Waals surface area contributed by atoms with Crippen molar-refractivity contribution in [3.05, 3.63) is 79.6 Å². The maximum absolute atomic E-state index is 4.42. The van der Waals surface area contributed by atoms with Crippen molar-refractivity contribution in [3.63, 3.8) is 0 Å². The molecule has 4 heterocycles. The Kier molecular flexibility index (Phi) is 3.57. The summed E-state index contributed by atoms with van der Waals surface area (Å²) in [6.07, 6.45) is 8.64. The van der Waals surface area contributed by atoms with Gasteiger partial charge in [-0.2, -0.15) is 14.9 Å². The number of pyridine rings is 1. The molecule has 0 unspecified atom stereocenters.